The normalized spacial score (nSPS) is 15.2. The van der Waals surface area contributed by atoms with Gasteiger partial charge in [0.2, 0.25) is 11.8 Å². The highest BCUT2D eigenvalue weighted by Gasteiger charge is 2.30. The summed E-state index contributed by atoms with van der Waals surface area (Å²) in [5.41, 5.74) is 1.90. The molecule has 3 rings (SSSR count). The average Bonchev–Trinajstić information content (AvgIpc) is 2.80. The van der Waals surface area contributed by atoms with Crippen LogP contribution in [0.15, 0.2) is 54.6 Å². The Morgan fingerprint density at radius 3 is 2.42 bits per heavy atom. The van der Waals surface area contributed by atoms with Crippen LogP contribution in [-0.2, 0) is 22.6 Å². The van der Waals surface area contributed by atoms with Gasteiger partial charge in [-0.05, 0) is 42.5 Å². The number of hydrogen-bond acceptors (Lipinski definition) is 3. The molecule has 1 aliphatic rings. The zero-order chi connectivity index (χ0) is 22.1. The number of rotatable bonds is 9. The van der Waals surface area contributed by atoms with E-state index in [0.717, 1.165) is 42.6 Å². The van der Waals surface area contributed by atoms with Gasteiger partial charge in [0.15, 0.2) is 0 Å². The molecule has 1 saturated carbocycles. The molecule has 2 amide bonds. The highest BCUT2D eigenvalue weighted by Crippen LogP contribution is 2.21. The van der Waals surface area contributed by atoms with Gasteiger partial charge in [-0.15, -0.1) is 0 Å². The standard InChI is InChI=1S/C26H34N2O3/c1-3-24(26(30)27-22-14-8-5-9-15-22)28(19-21-13-10-16-23(17-21)31-2)25(29)18-20-11-6-4-7-12-20/h4,6-7,10-13,16-17,22,24H,3,5,8-9,14-15,18-19H2,1-2H3,(H,27,30)/t24-/m1/s1. The maximum absolute atomic E-state index is 13.4. The fourth-order valence-electron chi connectivity index (χ4n) is 4.30. The Balaban J connectivity index is 1.80. The Labute approximate surface area is 185 Å². The van der Waals surface area contributed by atoms with Crippen LogP contribution in [0.3, 0.4) is 0 Å². The first-order chi connectivity index (χ1) is 15.1. The third-order valence-corrected chi connectivity index (χ3v) is 6.02. The Kier molecular flexibility index (Phi) is 8.51. The van der Waals surface area contributed by atoms with Crippen LogP contribution in [0, 0.1) is 0 Å². The molecule has 0 unspecified atom stereocenters. The van der Waals surface area contributed by atoms with Crippen molar-refractivity contribution in [1.29, 1.82) is 0 Å². The summed E-state index contributed by atoms with van der Waals surface area (Å²) in [4.78, 5) is 28.3. The SMILES string of the molecule is CC[C@H](C(=O)NC1CCCCC1)N(Cc1cccc(OC)c1)C(=O)Cc1ccccc1. The van der Waals surface area contributed by atoms with Crippen molar-refractivity contribution in [3.05, 3.63) is 65.7 Å². The second kappa shape index (κ2) is 11.5. The Bertz CT molecular complexity index is 847. The van der Waals surface area contributed by atoms with Gasteiger partial charge in [0.05, 0.1) is 13.5 Å². The number of amides is 2. The summed E-state index contributed by atoms with van der Waals surface area (Å²) in [6.45, 7) is 2.35. The van der Waals surface area contributed by atoms with Gasteiger partial charge in [0.25, 0.3) is 0 Å². The molecule has 0 bridgehead atoms. The first kappa shape index (κ1) is 22.9. The molecular formula is C26H34N2O3. The third kappa shape index (κ3) is 6.58. The first-order valence-electron chi connectivity index (χ1n) is 11.4. The lowest BCUT2D eigenvalue weighted by atomic mass is 9.95. The largest absolute Gasteiger partial charge is 0.497 e. The molecule has 31 heavy (non-hydrogen) atoms. The van der Waals surface area contributed by atoms with Crippen molar-refractivity contribution in [3.8, 4) is 5.75 Å². The summed E-state index contributed by atoms with van der Waals surface area (Å²) in [6, 6.07) is 17.1. The third-order valence-electron chi connectivity index (χ3n) is 6.02. The van der Waals surface area contributed by atoms with Crippen molar-refractivity contribution in [2.45, 2.75) is 70.5 Å². The first-order valence-corrected chi connectivity index (χ1v) is 11.4. The van der Waals surface area contributed by atoms with Crippen molar-refractivity contribution in [2.24, 2.45) is 0 Å². The van der Waals surface area contributed by atoms with E-state index in [0.29, 0.717) is 13.0 Å². The number of ether oxygens (including phenoxy) is 1. The van der Waals surface area contributed by atoms with E-state index in [2.05, 4.69) is 5.32 Å². The van der Waals surface area contributed by atoms with Crippen LogP contribution < -0.4 is 10.1 Å². The smallest absolute Gasteiger partial charge is 0.243 e. The Morgan fingerprint density at radius 2 is 1.74 bits per heavy atom. The number of nitrogens with zero attached hydrogens (tertiary/aromatic N) is 1. The highest BCUT2D eigenvalue weighted by molar-refractivity contribution is 5.88. The zero-order valence-electron chi connectivity index (χ0n) is 18.7. The highest BCUT2D eigenvalue weighted by atomic mass is 16.5. The quantitative estimate of drug-likeness (QED) is 0.648. The van der Waals surface area contributed by atoms with Crippen molar-refractivity contribution in [1.82, 2.24) is 10.2 Å². The predicted octanol–water partition coefficient (Wildman–Crippen LogP) is 4.49. The van der Waals surface area contributed by atoms with Gasteiger partial charge in [0, 0.05) is 12.6 Å². The minimum absolute atomic E-state index is 0.0420. The van der Waals surface area contributed by atoms with E-state index >= 15 is 0 Å². The predicted molar refractivity (Wildman–Crippen MR) is 123 cm³/mol. The second-order valence-electron chi connectivity index (χ2n) is 8.30. The van der Waals surface area contributed by atoms with E-state index in [1.54, 1.807) is 12.0 Å². The summed E-state index contributed by atoms with van der Waals surface area (Å²) in [6.07, 6.45) is 6.44. The van der Waals surface area contributed by atoms with E-state index in [1.165, 1.54) is 6.42 Å². The maximum Gasteiger partial charge on any atom is 0.243 e. The molecule has 1 aliphatic carbocycles. The van der Waals surface area contributed by atoms with Gasteiger partial charge < -0.3 is 15.0 Å². The van der Waals surface area contributed by atoms with Crippen molar-refractivity contribution in [2.75, 3.05) is 7.11 Å². The molecule has 2 aromatic carbocycles. The number of carbonyl (C=O) groups excluding carboxylic acids is 2. The number of benzene rings is 2. The van der Waals surface area contributed by atoms with Gasteiger partial charge in [-0.25, -0.2) is 0 Å². The lowest BCUT2D eigenvalue weighted by Gasteiger charge is -2.33. The van der Waals surface area contributed by atoms with E-state index in [1.807, 2.05) is 61.5 Å². The van der Waals surface area contributed by atoms with Crippen LogP contribution in [0.1, 0.15) is 56.6 Å². The molecule has 1 atom stereocenters. The van der Waals surface area contributed by atoms with Gasteiger partial charge in [-0.1, -0.05) is 68.7 Å². The lowest BCUT2D eigenvalue weighted by molar-refractivity contribution is -0.141. The molecular weight excluding hydrogens is 388 g/mol. The summed E-state index contributed by atoms with van der Waals surface area (Å²) in [5, 5.41) is 3.22. The maximum atomic E-state index is 13.4. The monoisotopic (exact) mass is 422 g/mol. The van der Waals surface area contributed by atoms with Crippen LogP contribution in [-0.4, -0.2) is 35.9 Å². The van der Waals surface area contributed by atoms with Crippen LogP contribution >= 0.6 is 0 Å². The van der Waals surface area contributed by atoms with E-state index in [-0.39, 0.29) is 24.3 Å². The fraction of sp³-hybridized carbons (Fsp3) is 0.462. The Morgan fingerprint density at radius 1 is 1.03 bits per heavy atom. The lowest BCUT2D eigenvalue weighted by Crippen LogP contribution is -2.51. The number of methoxy groups -OCH3 is 1. The number of carbonyl (C=O) groups is 2. The molecule has 0 heterocycles. The molecule has 5 nitrogen and oxygen atoms in total. The summed E-state index contributed by atoms with van der Waals surface area (Å²) in [5.74, 6) is 0.658. The minimum Gasteiger partial charge on any atom is -0.497 e. The summed E-state index contributed by atoms with van der Waals surface area (Å²) >= 11 is 0. The molecule has 0 radical (unpaired) electrons. The van der Waals surface area contributed by atoms with Gasteiger partial charge in [-0.2, -0.15) is 0 Å². The fourth-order valence-corrected chi connectivity index (χ4v) is 4.30. The van der Waals surface area contributed by atoms with E-state index in [4.69, 9.17) is 4.74 Å². The van der Waals surface area contributed by atoms with Crippen molar-refractivity contribution >= 4 is 11.8 Å². The van der Waals surface area contributed by atoms with Crippen LogP contribution in [0.4, 0.5) is 0 Å². The van der Waals surface area contributed by atoms with Crippen LogP contribution in [0.2, 0.25) is 0 Å². The van der Waals surface area contributed by atoms with Crippen LogP contribution in [0.25, 0.3) is 0 Å². The van der Waals surface area contributed by atoms with Gasteiger partial charge >= 0.3 is 0 Å². The van der Waals surface area contributed by atoms with Crippen LogP contribution in [0.5, 0.6) is 5.75 Å². The summed E-state index contributed by atoms with van der Waals surface area (Å²) in [7, 11) is 1.63. The molecule has 166 valence electrons. The molecule has 1 fully saturated rings. The summed E-state index contributed by atoms with van der Waals surface area (Å²) < 4.78 is 5.34. The van der Waals surface area contributed by atoms with Gasteiger partial charge in [-0.3, -0.25) is 9.59 Å². The minimum atomic E-state index is -0.496. The Hall–Kier alpha value is -2.82. The molecule has 2 aromatic rings. The molecule has 1 N–H and O–H groups in total. The molecule has 5 heteroatoms. The number of hydrogen-bond donors (Lipinski definition) is 1. The van der Waals surface area contributed by atoms with Crippen molar-refractivity contribution in [3.63, 3.8) is 0 Å². The molecule has 0 aliphatic heterocycles. The van der Waals surface area contributed by atoms with E-state index < -0.39 is 6.04 Å². The molecule has 0 spiro atoms. The average molecular weight is 423 g/mol. The zero-order valence-corrected chi connectivity index (χ0v) is 18.7. The number of nitrogens with one attached hydrogen (secondary N) is 1. The second-order valence-corrected chi connectivity index (χ2v) is 8.30. The molecule has 0 saturated heterocycles. The topological polar surface area (TPSA) is 58.6 Å². The van der Waals surface area contributed by atoms with E-state index in [9.17, 15) is 9.59 Å². The molecule has 0 aromatic heterocycles. The van der Waals surface area contributed by atoms with Crippen molar-refractivity contribution < 1.29 is 14.3 Å². The van der Waals surface area contributed by atoms with Gasteiger partial charge in [0.1, 0.15) is 11.8 Å².